The highest BCUT2D eigenvalue weighted by Crippen LogP contribution is 2.39. The summed E-state index contributed by atoms with van der Waals surface area (Å²) in [6.07, 6.45) is 0. The van der Waals surface area contributed by atoms with E-state index < -0.39 is 0 Å². The SMILES string of the molecule is CCn1nc(C(C)(C)C)c(C#N)c1N=Nc1c(C(C)(C)C)nn(-c2ccccc2)c1N. The van der Waals surface area contributed by atoms with Crippen LogP contribution in [0.1, 0.15) is 65.4 Å². The Morgan fingerprint density at radius 3 is 2.10 bits per heavy atom. The molecule has 2 N–H and O–H groups in total. The topological polar surface area (TPSA) is 110 Å². The maximum Gasteiger partial charge on any atom is 0.191 e. The van der Waals surface area contributed by atoms with Gasteiger partial charge >= 0.3 is 0 Å². The number of hydrogen-bond acceptors (Lipinski definition) is 6. The number of aromatic nitrogens is 4. The van der Waals surface area contributed by atoms with Crippen LogP contribution in [0.15, 0.2) is 40.6 Å². The predicted molar refractivity (Wildman–Crippen MR) is 122 cm³/mol. The lowest BCUT2D eigenvalue weighted by molar-refractivity contribution is 0.540. The van der Waals surface area contributed by atoms with Gasteiger partial charge in [0.25, 0.3) is 0 Å². The average molecular weight is 419 g/mol. The molecule has 0 atom stereocenters. The minimum Gasteiger partial charge on any atom is -0.382 e. The summed E-state index contributed by atoms with van der Waals surface area (Å²) in [7, 11) is 0. The van der Waals surface area contributed by atoms with Gasteiger partial charge in [0.2, 0.25) is 0 Å². The van der Waals surface area contributed by atoms with E-state index in [4.69, 9.17) is 10.8 Å². The summed E-state index contributed by atoms with van der Waals surface area (Å²) in [4.78, 5) is 0. The third-order valence-electron chi connectivity index (χ3n) is 4.90. The normalized spacial score (nSPS) is 12.5. The summed E-state index contributed by atoms with van der Waals surface area (Å²) in [5.74, 6) is 0.832. The summed E-state index contributed by atoms with van der Waals surface area (Å²) in [6.45, 7) is 14.8. The first-order chi connectivity index (χ1) is 14.5. The molecule has 0 bridgehead atoms. The van der Waals surface area contributed by atoms with E-state index in [1.54, 1.807) is 9.36 Å². The molecule has 1 aromatic carbocycles. The molecule has 2 aromatic heterocycles. The van der Waals surface area contributed by atoms with Gasteiger partial charge in [-0.1, -0.05) is 59.7 Å². The van der Waals surface area contributed by atoms with Crippen molar-refractivity contribution in [3.05, 3.63) is 47.3 Å². The highest BCUT2D eigenvalue weighted by molar-refractivity contribution is 5.66. The second-order valence-corrected chi connectivity index (χ2v) is 9.50. The van der Waals surface area contributed by atoms with Crippen LogP contribution in [-0.4, -0.2) is 19.6 Å². The molecular formula is C23H30N8. The van der Waals surface area contributed by atoms with Crippen LogP contribution in [-0.2, 0) is 17.4 Å². The molecule has 3 aromatic rings. The second-order valence-electron chi connectivity index (χ2n) is 9.50. The minimum absolute atomic E-state index is 0.288. The molecular weight excluding hydrogens is 388 g/mol. The van der Waals surface area contributed by atoms with Crippen LogP contribution in [0.3, 0.4) is 0 Å². The van der Waals surface area contributed by atoms with Crippen molar-refractivity contribution in [2.24, 2.45) is 10.2 Å². The molecule has 0 fully saturated rings. The number of anilines is 1. The van der Waals surface area contributed by atoms with E-state index in [2.05, 4.69) is 42.2 Å². The monoisotopic (exact) mass is 418 g/mol. The number of hydrogen-bond donors (Lipinski definition) is 1. The number of nitrogen functional groups attached to an aromatic ring is 1. The molecule has 0 radical (unpaired) electrons. The number of benzene rings is 1. The first-order valence-corrected chi connectivity index (χ1v) is 10.4. The van der Waals surface area contributed by atoms with E-state index in [1.165, 1.54) is 0 Å². The Morgan fingerprint density at radius 2 is 1.58 bits per heavy atom. The van der Waals surface area contributed by atoms with Gasteiger partial charge in [-0.2, -0.15) is 15.5 Å². The number of rotatable bonds is 4. The molecule has 0 aliphatic heterocycles. The van der Waals surface area contributed by atoms with Gasteiger partial charge < -0.3 is 5.73 Å². The van der Waals surface area contributed by atoms with Crippen LogP contribution in [0.2, 0.25) is 0 Å². The first kappa shape index (κ1) is 22.2. The van der Waals surface area contributed by atoms with Crippen LogP contribution < -0.4 is 5.73 Å². The summed E-state index contributed by atoms with van der Waals surface area (Å²) >= 11 is 0. The fourth-order valence-electron chi connectivity index (χ4n) is 3.29. The van der Waals surface area contributed by atoms with Crippen molar-refractivity contribution in [2.45, 2.75) is 65.8 Å². The lowest BCUT2D eigenvalue weighted by atomic mass is 9.90. The smallest absolute Gasteiger partial charge is 0.191 e. The molecule has 3 rings (SSSR count). The van der Waals surface area contributed by atoms with E-state index >= 15 is 0 Å². The molecule has 0 unspecified atom stereocenters. The molecule has 0 aliphatic carbocycles. The van der Waals surface area contributed by atoms with Gasteiger partial charge in [0, 0.05) is 17.4 Å². The van der Waals surface area contributed by atoms with Gasteiger partial charge in [-0.3, -0.25) is 0 Å². The van der Waals surface area contributed by atoms with Crippen molar-refractivity contribution >= 4 is 17.3 Å². The number of aryl methyl sites for hydroxylation is 1. The highest BCUT2D eigenvalue weighted by Gasteiger charge is 2.29. The van der Waals surface area contributed by atoms with Gasteiger partial charge in [0.15, 0.2) is 17.3 Å². The van der Waals surface area contributed by atoms with Gasteiger partial charge in [0.05, 0.1) is 17.1 Å². The summed E-state index contributed by atoms with van der Waals surface area (Å²) in [5, 5.41) is 28.1. The number of nitrogens with zero attached hydrogens (tertiary/aromatic N) is 7. The number of azo groups is 1. The van der Waals surface area contributed by atoms with Crippen LogP contribution in [0.25, 0.3) is 5.69 Å². The van der Waals surface area contributed by atoms with Crippen LogP contribution >= 0.6 is 0 Å². The van der Waals surface area contributed by atoms with Crippen molar-refractivity contribution in [1.29, 1.82) is 5.26 Å². The van der Waals surface area contributed by atoms with Crippen LogP contribution in [0.4, 0.5) is 17.3 Å². The average Bonchev–Trinajstić information content (AvgIpc) is 3.24. The molecule has 162 valence electrons. The third kappa shape index (κ3) is 4.22. The molecule has 0 saturated carbocycles. The Balaban J connectivity index is 2.19. The van der Waals surface area contributed by atoms with Crippen molar-refractivity contribution in [1.82, 2.24) is 19.6 Å². The van der Waals surface area contributed by atoms with E-state index in [1.807, 2.05) is 58.0 Å². The standard InChI is InChI=1S/C23H30N8/c1-8-30-21(16(14-24)18(28-30)22(2,3)4)27-26-17-19(23(5,6)7)29-31(20(17)25)15-12-10-9-11-13-15/h9-13H,8,25H2,1-7H3. The van der Waals surface area contributed by atoms with E-state index in [-0.39, 0.29) is 10.8 Å². The Kier molecular flexibility index (Phi) is 5.72. The Hall–Kier alpha value is -3.47. The fraction of sp³-hybridized carbons (Fsp3) is 0.435. The molecule has 0 amide bonds. The lowest BCUT2D eigenvalue weighted by Gasteiger charge is -2.15. The Bertz CT molecular complexity index is 1150. The van der Waals surface area contributed by atoms with Gasteiger partial charge in [-0.25, -0.2) is 9.36 Å². The Labute approximate surface area is 183 Å². The summed E-state index contributed by atoms with van der Waals surface area (Å²) in [6, 6.07) is 11.9. The fourth-order valence-corrected chi connectivity index (χ4v) is 3.29. The van der Waals surface area contributed by atoms with Crippen LogP contribution in [0, 0.1) is 11.3 Å². The number of nitrogens with two attached hydrogens (primary N) is 1. The maximum atomic E-state index is 9.81. The van der Waals surface area contributed by atoms with E-state index in [0.717, 1.165) is 11.4 Å². The highest BCUT2D eigenvalue weighted by atomic mass is 15.4. The van der Waals surface area contributed by atoms with Gasteiger partial charge in [-0.15, -0.1) is 10.2 Å². The molecule has 0 saturated heterocycles. The number of nitriles is 1. The quantitative estimate of drug-likeness (QED) is 0.560. The zero-order valence-electron chi connectivity index (χ0n) is 19.3. The molecule has 2 heterocycles. The van der Waals surface area contributed by atoms with Crippen molar-refractivity contribution < 1.29 is 0 Å². The zero-order valence-corrected chi connectivity index (χ0v) is 19.3. The third-order valence-corrected chi connectivity index (χ3v) is 4.90. The summed E-state index contributed by atoms with van der Waals surface area (Å²) in [5.41, 5.74) is 9.10. The van der Waals surface area contributed by atoms with Gasteiger partial charge in [0.1, 0.15) is 11.6 Å². The first-order valence-electron chi connectivity index (χ1n) is 10.4. The van der Waals surface area contributed by atoms with E-state index in [9.17, 15) is 5.26 Å². The van der Waals surface area contributed by atoms with E-state index in [0.29, 0.717) is 35.1 Å². The summed E-state index contributed by atoms with van der Waals surface area (Å²) < 4.78 is 3.38. The molecule has 0 spiro atoms. The lowest BCUT2D eigenvalue weighted by Crippen LogP contribution is -2.14. The molecule has 8 nitrogen and oxygen atoms in total. The largest absolute Gasteiger partial charge is 0.382 e. The molecule has 31 heavy (non-hydrogen) atoms. The molecule has 8 heteroatoms. The van der Waals surface area contributed by atoms with Crippen LogP contribution in [0.5, 0.6) is 0 Å². The maximum absolute atomic E-state index is 9.81. The minimum atomic E-state index is -0.303. The second kappa shape index (κ2) is 7.99. The van der Waals surface area contributed by atoms with Gasteiger partial charge in [-0.05, 0) is 19.1 Å². The van der Waals surface area contributed by atoms with Crippen molar-refractivity contribution in [2.75, 3.05) is 5.73 Å². The zero-order chi connectivity index (χ0) is 23.0. The molecule has 0 aliphatic rings. The Morgan fingerprint density at radius 1 is 0.968 bits per heavy atom. The van der Waals surface area contributed by atoms with Crippen molar-refractivity contribution in [3.63, 3.8) is 0 Å². The number of para-hydroxylation sites is 1. The van der Waals surface area contributed by atoms with Crippen molar-refractivity contribution in [3.8, 4) is 11.8 Å². The predicted octanol–water partition coefficient (Wildman–Crippen LogP) is 5.55.